The third-order valence-electron chi connectivity index (χ3n) is 8.61. The molecule has 1 aliphatic rings. The average molecular weight is 726 g/mol. The van der Waals surface area contributed by atoms with E-state index in [9.17, 15) is 0 Å². The van der Waals surface area contributed by atoms with Gasteiger partial charge in [-0.2, -0.15) is 20.1 Å². The zero-order valence-corrected chi connectivity index (χ0v) is 31.4. The van der Waals surface area contributed by atoms with Crippen LogP contribution in [0.4, 0.5) is 40.9 Å². The van der Waals surface area contributed by atoms with Crippen molar-refractivity contribution in [2.45, 2.75) is 45.6 Å². The Balaban J connectivity index is 1.35. The largest absolute Gasteiger partial charge is 0.481 e. The lowest BCUT2D eigenvalue weighted by atomic mass is 10.1. The number of ether oxygens (including phenoxy) is 2. The number of piperazine rings is 1. The van der Waals surface area contributed by atoms with Crippen LogP contribution in [-0.2, 0) is 13.5 Å². The molecule has 0 radical (unpaired) electrons. The molecule has 0 aliphatic carbocycles. The minimum atomic E-state index is -0.316. The number of fused-ring (bicyclic) bond motifs is 1. The molecule has 0 spiro atoms. The van der Waals surface area contributed by atoms with Gasteiger partial charge in [0.1, 0.15) is 40.4 Å². The molecule has 1 fully saturated rings. The third-order valence-corrected chi connectivity index (χ3v) is 8.61. The molecule has 6 rings (SSSR count). The fraction of sp³-hybridized carbons (Fsp3) is 0.471. The van der Waals surface area contributed by atoms with Crippen molar-refractivity contribution in [1.29, 1.82) is 5.41 Å². The van der Waals surface area contributed by atoms with Crippen molar-refractivity contribution in [3.8, 4) is 11.8 Å². The van der Waals surface area contributed by atoms with Crippen LogP contribution >= 0.6 is 0 Å². The molecule has 0 aromatic carbocycles. The monoisotopic (exact) mass is 725 g/mol. The highest BCUT2D eigenvalue weighted by atomic mass is 16.5. The van der Waals surface area contributed by atoms with Crippen LogP contribution in [0.2, 0.25) is 0 Å². The summed E-state index contributed by atoms with van der Waals surface area (Å²) in [5.41, 5.74) is 4.08. The van der Waals surface area contributed by atoms with Gasteiger partial charge in [-0.1, -0.05) is 26.7 Å². The lowest BCUT2D eigenvalue weighted by Crippen LogP contribution is -2.47. The molecule has 19 heteroatoms. The second-order valence-corrected chi connectivity index (χ2v) is 12.7. The standard InChI is InChI=1S/C34H47N17O2/c1-9-11-19(35)26-28(49(4)5)31(40-22-15-24(52-7)39-18-38-22)47-34(45-26)51-14-13-37-21(17-51)30-41-23(16-25(43-30)53-8)42-32-29-27(44-33(36-3)46-32)20(12-10-2)48-50(29)6/h15-16,18,21,35,37H,9-14,17H2,1-8H3,(H,38,39,40,45,47)(H2,36,41,42,43,44,46). The molecule has 0 bridgehead atoms. The molecule has 1 saturated heterocycles. The summed E-state index contributed by atoms with van der Waals surface area (Å²) in [6.07, 6.45) is 4.51. The van der Waals surface area contributed by atoms with Gasteiger partial charge in [-0.05, 0) is 12.8 Å². The summed E-state index contributed by atoms with van der Waals surface area (Å²) in [6, 6.07) is 3.11. The quantitative estimate of drug-likeness (QED) is 0.0974. The normalized spacial score (nSPS) is 14.3. The van der Waals surface area contributed by atoms with Crippen LogP contribution in [0.1, 0.15) is 56.4 Å². The first-order valence-electron chi connectivity index (χ1n) is 17.6. The SMILES string of the molecule is CCCC(=N)c1nc(N2CCNC(c3nc(Nc4nc(NC)nc5c(CCC)nn(C)c45)cc(OC)n3)C2)nc(Nc2cc(OC)ncn2)c1N(C)C. The molecule has 5 N–H and O–H groups in total. The summed E-state index contributed by atoms with van der Waals surface area (Å²) >= 11 is 0. The van der Waals surface area contributed by atoms with Crippen molar-refractivity contribution in [3.63, 3.8) is 0 Å². The van der Waals surface area contributed by atoms with Gasteiger partial charge in [-0.15, -0.1) is 0 Å². The lowest BCUT2D eigenvalue weighted by Gasteiger charge is -2.34. The zero-order valence-electron chi connectivity index (χ0n) is 31.4. The molecule has 0 saturated carbocycles. The van der Waals surface area contributed by atoms with E-state index in [-0.39, 0.29) is 6.04 Å². The van der Waals surface area contributed by atoms with Gasteiger partial charge in [0.2, 0.25) is 23.7 Å². The fourth-order valence-corrected chi connectivity index (χ4v) is 6.15. The zero-order chi connectivity index (χ0) is 37.6. The van der Waals surface area contributed by atoms with E-state index in [4.69, 9.17) is 49.9 Å². The second-order valence-electron chi connectivity index (χ2n) is 12.7. The van der Waals surface area contributed by atoms with Gasteiger partial charge in [0.15, 0.2) is 17.5 Å². The van der Waals surface area contributed by atoms with Crippen LogP contribution in [-0.4, -0.2) is 110 Å². The van der Waals surface area contributed by atoms with Crippen molar-refractivity contribution in [2.75, 3.05) is 80.7 Å². The Hall–Kier alpha value is -5.98. The molecule has 6 heterocycles. The summed E-state index contributed by atoms with van der Waals surface area (Å²) in [5, 5.41) is 27.1. The van der Waals surface area contributed by atoms with Gasteiger partial charge in [0.25, 0.3) is 0 Å². The number of hydrogen-bond donors (Lipinski definition) is 5. The smallest absolute Gasteiger partial charge is 0.228 e. The molecule has 53 heavy (non-hydrogen) atoms. The number of rotatable bonds is 15. The number of hydrogen-bond acceptors (Lipinski definition) is 18. The first-order valence-corrected chi connectivity index (χ1v) is 17.6. The summed E-state index contributed by atoms with van der Waals surface area (Å²) in [5.74, 6) is 4.30. The molecule has 1 unspecified atom stereocenters. The van der Waals surface area contributed by atoms with Gasteiger partial charge in [0.05, 0.1) is 31.7 Å². The maximum atomic E-state index is 8.98. The molecular formula is C34H47N17O2. The molecule has 1 aliphatic heterocycles. The van der Waals surface area contributed by atoms with E-state index in [2.05, 4.69) is 43.1 Å². The lowest BCUT2D eigenvalue weighted by molar-refractivity contribution is 0.386. The molecule has 280 valence electrons. The Morgan fingerprint density at radius 2 is 1.74 bits per heavy atom. The van der Waals surface area contributed by atoms with Crippen LogP contribution in [0.3, 0.4) is 0 Å². The van der Waals surface area contributed by atoms with Crippen molar-refractivity contribution >= 4 is 57.6 Å². The topological polar surface area (TPSA) is 218 Å². The summed E-state index contributed by atoms with van der Waals surface area (Å²) < 4.78 is 12.8. The van der Waals surface area contributed by atoms with Crippen molar-refractivity contribution < 1.29 is 9.47 Å². The fourth-order valence-electron chi connectivity index (χ4n) is 6.15. The Kier molecular flexibility index (Phi) is 11.2. The predicted molar refractivity (Wildman–Crippen MR) is 205 cm³/mol. The highest BCUT2D eigenvalue weighted by Crippen LogP contribution is 2.34. The maximum Gasteiger partial charge on any atom is 0.228 e. The van der Waals surface area contributed by atoms with E-state index in [0.717, 1.165) is 36.0 Å². The second kappa shape index (κ2) is 16.1. The minimum Gasteiger partial charge on any atom is -0.481 e. The van der Waals surface area contributed by atoms with E-state index in [1.165, 1.54) is 6.33 Å². The number of methoxy groups -OCH3 is 2. The summed E-state index contributed by atoms with van der Waals surface area (Å²) in [4.78, 5) is 41.6. The van der Waals surface area contributed by atoms with Crippen LogP contribution in [0, 0.1) is 5.41 Å². The van der Waals surface area contributed by atoms with Crippen molar-refractivity contribution in [3.05, 3.63) is 35.7 Å². The first-order chi connectivity index (χ1) is 25.7. The molecule has 19 nitrogen and oxygen atoms in total. The van der Waals surface area contributed by atoms with Crippen LogP contribution in [0.25, 0.3) is 11.0 Å². The van der Waals surface area contributed by atoms with Crippen LogP contribution < -0.4 is 40.5 Å². The van der Waals surface area contributed by atoms with Crippen LogP contribution in [0.5, 0.6) is 11.8 Å². The van der Waals surface area contributed by atoms with Crippen molar-refractivity contribution in [1.82, 2.24) is 55.0 Å². The van der Waals surface area contributed by atoms with Gasteiger partial charge < -0.3 is 45.9 Å². The Morgan fingerprint density at radius 3 is 2.45 bits per heavy atom. The van der Waals surface area contributed by atoms with Crippen LogP contribution in [0.15, 0.2) is 18.5 Å². The summed E-state index contributed by atoms with van der Waals surface area (Å²) in [6.45, 7) is 5.82. The van der Waals surface area contributed by atoms with E-state index >= 15 is 0 Å². The Bertz CT molecular complexity index is 2080. The number of aromatic nitrogens is 10. The number of nitrogens with one attached hydrogen (secondary N) is 5. The third kappa shape index (κ3) is 7.93. The highest BCUT2D eigenvalue weighted by Gasteiger charge is 2.29. The number of aryl methyl sites for hydroxylation is 2. The predicted octanol–water partition coefficient (Wildman–Crippen LogP) is 3.62. The Labute approximate surface area is 307 Å². The molecule has 0 amide bonds. The van der Waals surface area contributed by atoms with E-state index in [1.807, 2.05) is 33.0 Å². The van der Waals surface area contributed by atoms with Crippen molar-refractivity contribution in [2.24, 2.45) is 7.05 Å². The molecule has 5 aromatic heterocycles. The average Bonchev–Trinajstić information content (AvgIpc) is 3.48. The van der Waals surface area contributed by atoms with Gasteiger partial charge in [-0.3, -0.25) is 4.68 Å². The van der Waals surface area contributed by atoms with Gasteiger partial charge >= 0.3 is 0 Å². The number of nitrogens with zero attached hydrogens (tertiary/aromatic N) is 12. The molecule has 1 atom stereocenters. The van der Waals surface area contributed by atoms with E-state index in [0.29, 0.717) is 95.9 Å². The highest BCUT2D eigenvalue weighted by molar-refractivity contribution is 6.04. The Morgan fingerprint density at radius 1 is 0.962 bits per heavy atom. The van der Waals surface area contributed by atoms with Gasteiger partial charge in [-0.25, -0.2) is 24.9 Å². The number of anilines is 7. The van der Waals surface area contributed by atoms with E-state index in [1.54, 1.807) is 38.1 Å². The maximum absolute atomic E-state index is 8.98. The molecule has 5 aromatic rings. The van der Waals surface area contributed by atoms with E-state index < -0.39 is 0 Å². The summed E-state index contributed by atoms with van der Waals surface area (Å²) in [7, 11) is 10.6. The minimum absolute atomic E-state index is 0.316. The first kappa shape index (κ1) is 36.8. The van der Waals surface area contributed by atoms with Gasteiger partial charge in [0, 0.05) is 60.0 Å². The molecular weight excluding hydrogens is 678 g/mol.